The van der Waals surface area contributed by atoms with Crippen molar-refractivity contribution in [3.05, 3.63) is 60.2 Å². The topological polar surface area (TPSA) is 47.9 Å². The second-order valence-electron chi connectivity index (χ2n) is 4.27. The van der Waals surface area contributed by atoms with Crippen LogP contribution in [0.3, 0.4) is 0 Å². The van der Waals surface area contributed by atoms with Gasteiger partial charge in [0.1, 0.15) is 0 Å². The molecule has 2 aromatic rings. The Labute approximate surface area is 113 Å². The molecular formula is C16H17N3. The standard InChI is InChI=1S/C16H17N3/c17-13-14-6-4-9-16(12-14)19-11-5-10-18-15-7-2-1-3-8-15/h1-4,6-9,12,18-19H,5,10-11H2. The number of nitrogens with one attached hydrogen (secondary N) is 2. The second-order valence-corrected chi connectivity index (χ2v) is 4.27. The lowest BCUT2D eigenvalue weighted by Crippen LogP contribution is -2.09. The molecule has 19 heavy (non-hydrogen) atoms. The average molecular weight is 251 g/mol. The summed E-state index contributed by atoms with van der Waals surface area (Å²) < 4.78 is 0. The molecule has 0 atom stereocenters. The molecule has 0 spiro atoms. The van der Waals surface area contributed by atoms with Crippen LogP contribution in [0, 0.1) is 11.3 Å². The third-order valence-electron chi connectivity index (χ3n) is 2.78. The highest BCUT2D eigenvalue weighted by molar-refractivity contribution is 5.49. The second kappa shape index (κ2) is 7.07. The van der Waals surface area contributed by atoms with Gasteiger partial charge in [0.25, 0.3) is 0 Å². The average Bonchev–Trinajstić information content (AvgIpc) is 2.48. The summed E-state index contributed by atoms with van der Waals surface area (Å²) in [7, 11) is 0. The van der Waals surface area contributed by atoms with Gasteiger partial charge in [-0.05, 0) is 36.8 Å². The van der Waals surface area contributed by atoms with Crippen LogP contribution in [0.25, 0.3) is 0 Å². The van der Waals surface area contributed by atoms with Gasteiger partial charge in [-0.25, -0.2) is 0 Å². The van der Waals surface area contributed by atoms with E-state index in [1.54, 1.807) is 0 Å². The van der Waals surface area contributed by atoms with Crippen molar-refractivity contribution >= 4 is 11.4 Å². The zero-order chi connectivity index (χ0) is 13.3. The summed E-state index contributed by atoms with van der Waals surface area (Å²) in [5.41, 5.74) is 2.83. The van der Waals surface area contributed by atoms with Crippen LogP contribution in [0.2, 0.25) is 0 Å². The van der Waals surface area contributed by atoms with Gasteiger partial charge < -0.3 is 10.6 Å². The molecule has 2 N–H and O–H groups in total. The summed E-state index contributed by atoms with van der Waals surface area (Å²) in [6.45, 7) is 1.81. The first kappa shape index (κ1) is 13.0. The van der Waals surface area contributed by atoms with E-state index in [1.807, 2.05) is 42.5 Å². The van der Waals surface area contributed by atoms with E-state index in [9.17, 15) is 0 Å². The normalized spacial score (nSPS) is 9.63. The first-order valence-corrected chi connectivity index (χ1v) is 6.41. The molecule has 0 unspecified atom stereocenters. The predicted molar refractivity (Wildman–Crippen MR) is 79.2 cm³/mol. The van der Waals surface area contributed by atoms with Gasteiger partial charge in [0.05, 0.1) is 11.6 Å². The number of nitrogens with zero attached hydrogens (tertiary/aromatic N) is 1. The first-order valence-electron chi connectivity index (χ1n) is 6.41. The van der Waals surface area contributed by atoms with E-state index in [2.05, 4.69) is 28.8 Å². The minimum atomic E-state index is 0.687. The number of nitriles is 1. The molecule has 0 aliphatic rings. The van der Waals surface area contributed by atoms with Gasteiger partial charge in [0, 0.05) is 24.5 Å². The lowest BCUT2D eigenvalue weighted by Gasteiger charge is -2.08. The van der Waals surface area contributed by atoms with E-state index in [4.69, 9.17) is 5.26 Å². The summed E-state index contributed by atoms with van der Waals surface area (Å²) in [6, 6.07) is 19.9. The Morgan fingerprint density at radius 3 is 2.26 bits per heavy atom. The van der Waals surface area contributed by atoms with Crippen molar-refractivity contribution < 1.29 is 0 Å². The van der Waals surface area contributed by atoms with Gasteiger partial charge >= 0.3 is 0 Å². The molecule has 0 aromatic heterocycles. The van der Waals surface area contributed by atoms with Crippen LogP contribution in [-0.4, -0.2) is 13.1 Å². The highest BCUT2D eigenvalue weighted by Crippen LogP contribution is 2.09. The molecule has 2 aromatic carbocycles. The quantitative estimate of drug-likeness (QED) is 0.773. The Kier molecular flexibility index (Phi) is 4.83. The van der Waals surface area contributed by atoms with Crippen molar-refractivity contribution in [3.63, 3.8) is 0 Å². The molecule has 0 bridgehead atoms. The van der Waals surface area contributed by atoms with Crippen molar-refractivity contribution in [2.24, 2.45) is 0 Å². The molecule has 0 saturated heterocycles. The molecule has 96 valence electrons. The number of hydrogen-bond acceptors (Lipinski definition) is 3. The Morgan fingerprint density at radius 1 is 0.842 bits per heavy atom. The van der Waals surface area contributed by atoms with Crippen LogP contribution < -0.4 is 10.6 Å². The van der Waals surface area contributed by atoms with Crippen LogP contribution in [-0.2, 0) is 0 Å². The summed E-state index contributed by atoms with van der Waals surface area (Å²) in [4.78, 5) is 0. The minimum absolute atomic E-state index is 0.687. The van der Waals surface area contributed by atoms with E-state index in [0.717, 1.165) is 30.9 Å². The maximum absolute atomic E-state index is 8.81. The van der Waals surface area contributed by atoms with Crippen molar-refractivity contribution in [2.75, 3.05) is 23.7 Å². The minimum Gasteiger partial charge on any atom is -0.385 e. The van der Waals surface area contributed by atoms with Gasteiger partial charge in [-0.15, -0.1) is 0 Å². The fourth-order valence-electron chi connectivity index (χ4n) is 1.81. The highest BCUT2D eigenvalue weighted by atomic mass is 14.9. The Hall–Kier alpha value is -2.47. The molecule has 0 fully saturated rings. The lowest BCUT2D eigenvalue weighted by molar-refractivity contribution is 0.909. The predicted octanol–water partition coefficient (Wildman–Crippen LogP) is 3.47. The Balaban J connectivity index is 1.68. The number of rotatable bonds is 6. The third kappa shape index (κ3) is 4.36. The molecule has 0 radical (unpaired) electrons. The van der Waals surface area contributed by atoms with Gasteiger partial charge in [0.15, 0.2) is 0 Å². The van der Waals surface area contributed by atoms with Crippen LogP contribution in [0.15, 0.2) is 54.6 Å². The maximum atomic E-state index is 8.81. The van der Waals surface area contributed by atoms with Crippen LogP contribution >= 0.6 is 0 Å². The molecule has 0 amide bonds. The SMILES string of the molecule is N#Cc1cccc(NCCCNc2ccccc2)c1. The molecular weight excluding hydrogens is 234 g/mol. The van der Waals surface area contributed by atoms with Crippen molar-refractivity contribution in [1.82, 2.24) is 0 Å². The molecule has 0 heterocycles. The van der Waals surface area contributed by atoms with Crippen LogP contribution in [0.5, 0.6) is 0 Å². The van der Waals surface area contributed by atoms with Crippen LogP contribution in [0.1, 0.15) is 12.0 Å². The summed E-state index contributed by atoms with van der Waals surface area (Å²) in [5, 5.41) is 15.5. The van der Waals surface area contributed by atoms with Gasteiger partial charge in [-0.3, -0.25) is 0 Å². The number of anilines is 2. The summed E-state index contributed by atoms with van der Waals surface area (Å²) >= 11 is 0. The zero-order valence-electron chi connectivity index (χ0n) is 10.8. The third-order valence-corrected chi connectivity index (χ3v) is 2.78. The summed E-state index contributed by atoms with van der Waals surface area (Å²) in [5.74, 6) is 0. The zero-order valence-corrected chi connectivity index (χ0v) is 10.8. The fraction of sp³-hybridized carbons (Fsp3) is 0.188. The smallest absolute Gasteiger partial charge is 0.0992 e. The van der Waals surface area contributed by atoms with Crippen LogP contribution in [0.4, 0.5) is 11.4 Å². The Bertz CT molecular complexity index is 543. The van der Waals surface area contributed by atoms with Gasteiger partial charge in [-0.1, -0.05) is 24.3 Å². The summed E-state index contributed by atoms with van der Waals surface area (Å²) in [6.07, 6.45) is 1.02. The highest BCUT2D eigenvalue weighted by Gasteiger charge is 1.94. The van der Waals surface area contributed by atoms with Crippen molar-refractivity contribution in [3.8, 4) is 6.07 Å². The molecule has 3 nitrogen and oxygen atoms in total. The molecule has 3 heteroatoms. The van der Waals surface area contributed by atoms with Crippen molar-refractivity contribution in [2.45, 2.75) is 6.42 Å². The van der Waals surface area contributed by atoms with E-state index < -0.39 is 0 Å². The number of hydrogen-bond donors (Lipinski definition) is 2. The molecule has 0 saturated carbocycles. The van der Waals surface area contributed by atoms with E-state index >= 15 is 0 Å². The maximum Gasteiger partial charge on any atom is 0.0992 e. The number of para-hydroxylation sites is 1. The van der Waals surface area contributed by atoms with Crippen molar-refractivity contribution in [1.29, 1.82) is 5.26 Å². The lowest BCUT2D eigenvalue weighted by atomic mass is 10.2. The molecule has 0 aliphatic heterocycles. The number of benzene rings is 2. The van der Waals surface area contributed by atoms with Gasteiger partial charge in [-0.2, -0.15) is 5.26 Å². The first-order chi connectivity index (χ1) is 9.38. The van der Waals surface area contributed by atoms with E-state index in [1.165, 1.54) is 0 Å². The Morgan fingerprint density at radius 2 is 1.53 bits per heavy atom. The molecule has 0 aliphatic carbocycles. The fourth-order valence-corrected chi connectivity index (χ4v) is 1.81. The van der Waals surface area contributed by atoms with E-state index in [0.29, 0.717) is 5.56 Å². The largest absolute Gasteiger partial charge is 0.385 e. The monoisotopic (exact) mass is 251 g/mol. The molecule has 2 rings (SSSR count). The van der Waals surface area contributed by atoms with E-state index in [-0.39, 0.29) is 0 Å². The van der Waals surface area contributed by atoms with Gasteiger partial charge in [0.2, 0.25) is 0 Å².